The Hall–Kier alpha value is -2.72. The molecule has 1 N–H and O–H groups in total. The minimum atomic E-state index is -1.29. The zero-order valence-electron chi connectivity index (χ0n) is 22.9. The Morgan fingerprint density at radius 2 is 1.68 bits per heavy atom. The average Bonchev–Trinajstić information content (AvgIpc) is 3.45. The van der Waals surface area contributed by atoms with Gasteiger partial charge in [0.1, 0.15) is 17.1 Å². The Bertz CT molecular complexity index is 1280. The van der Waals surface area contributed by atoms with Crippen LogP contribution in [0.25, 0.3) is 0 Å². The molecule has 11 heteroatoms. The highest BCUT2D eigenvalue weighted by atomic mass is 35.5. The topological polar surface area (TPSA) is 88.2 Å². The summed E-state index contributed by atoms with van der Waals surface area (Å²) in [7, 11) is 1.56. The van der Waals surface area contributed by atoms with Crippen LogP contribution in [0.5, 0.6) is 5.75 Å². The van der Waals surface area contributed by atoms with E-state index in [2.05, 4.69) is 5.32 Å². The quantitative estimate of drug-likeness (QED) is 0.503. The summed E-state index contributed by atoms with van der Waals surface area (Å²) in [6.45, 7) is 2.80. The second-order valence-electron chi connectivity index (χ2n) is 11.0. The number of carbonyl (C=O) groups is 3. The first-order chi connectivity index (χ1) is 19.7. The lowest BCUT2D eigenvalue weighted by Crippen LogP contribution is -2.62. The van der Waals surface area contributed by atoms with Gasteiger partial charge in [-0.2, -0.15) is 0 Å². The molecule has 3 aliphatic heterocycles. The molecule has 0 saturated carbocycles. The minimum absolute atomic E-state index is 0.0345. The first-order valence-corrected chi connectivity index (χ1v) is 14.7. The molecule has 2 atom stereocenters. The summed E-state index contributed by atoms with van der Waals surface area (Å²) < 4.78 is 24.4. The number of likely N-dealkylation sites (tertiary alicyclic amines) is 1. The van der Waals surface area contributed by atoms with Crippen LogP contribution >= 0.6 is 23.2 Å². The second-order valence-corrected chi connectivity index (χ2v) is 11.8. The van der Waals surface area contributed by atoms with E-state index in [0.717, 1.165) is 18.4 Å². The number of carbonyl (C=O) groups excluding carboxylic acids is 3. The number of rotatable bonds is 6. The predicted octanol–water partition coefficient (Wildman–Crippen LogP) is 4.92. The Morgan fingerprint density at radius 3 is 2.34 bits per heavy atom. The standard InChI is InChI=1S/C30H34Cl2FN3O5/c1-35(29(39)41-23-5-3-22(33)4-6-23)30(18-34-17-24(30)21-2-7-25(31)26(32)16-21)27(37)19-8-12-36(13-9-19)28(38)20-10-14-40-15-11-20/h2-7,16,19-20,24,34H,8-15,17-18H2,1H3/t24-,30+/m1/s1. The molecule has 3 heterocycles. The number of nitrogens with zero attached hydrogens (tertiary/aromatic N) is 2. The summed E-state index contributed by atoms with van der Waals surface area (Å²) in [6, 6.07) is 10.4. The van der Waals surface area contributed by atoms with Crippen molar-refractivity contribution in [3.05, 3.63) is 63.9 Å². The highest BCUT2D eigenvalue weighted by Crippen LogP contribution is 2.42. The molecule has 0 aromatic heterocycles. The number of ether oxygens (including phenoxy) is 2. The van der Waals surface area contributed by atoms with Crippen LogP contribution < -0.4 is 10.1 Å². The fraction of sp³-hybridized carbons (Fsp3) is 0.500. The number of halogens is 3. The first kappa shape index (κ1) is 29.8. The van der Waals surface area contributed by atoms with Crippen LogP contribution in [0.2, 0.25) is 10.0 Å². The van der Waals surface area contributed by atoms with Gasteiger partial charge in [0.05, 0.1) is 10.0 Å². The van der Waals surface area contributed by atoms with Crippen molar-refractivity contribution in [2.24, 2.45) is 11.8 Å². The molecule has 5 rings (SSSR count). The van der Waals surface area contributed by atoms with Gasteiger partial charge in [-0.3, -0.25) is 14.5 Å². The fourth-order valence-electron chi connectivity index (χ4n) is 6.35. The van der Waals surface area contributed by atoms with Crippen molar-refractivity contribution in [1.29, 1.82) is 0 Å². The monoisotopic (exact) mass is 605 g/mol. The maximum atomic E-state index is 14.6. The average molecular weight is 607 g/mol. The first-order valence-electron chi connectivity index (χ1n) is 14.0. The lowest BCUT2D eigenvalue weighted by atomic mass is 9.72. The van der Waals surface area contributed by atoms with E-state index in [4.69, 9.17) is 32.7 Å². The van der Waals surface area contributed by atoms with Gasteiger partial charge in [0.2, 0.25) is 5.91 Å². The lowest BCUT2D eigenvalue weighted by Gasteiger charge is -2.44. The molecule has 2 aromatic rings. The Balaban J connectivity index is 1.40. The van der Waals surface area contributed by atoms with Gasteiger partial charge in [-0.25, -0.2) is 9.18 Å². The van der Waals surface area contributed by atoms with Crippen molar-refractivity contribution in [3.63, 3.8) is 0 Å². The normalized spacial score (nSPS) is 23.8. The number of piperidine rings is 1. The molecule has 2 amide bonds. The van der Waals surface area contributed by atoms with E-state index in [1.54, 1.807) is 19.2 Å². The SMILES string of the molecule is CN(C(=O)Oc1ccc(F)cc1)[C@@]1(C(=O)C2CCN(C(=O)C3CCOCC3)CC2)CNC[C@@H]1c1ccc(Cl)c(Cl)c1. The predicted molar refractivity (Wildman–Crippen MR) is 153 cm³/mol. The summed E-state index contributed by atoms with van der Waals surface area (Å²) in [5.41, 5.74) is -0.516. The molecule has 3 fully saturated rings. The van der Waals surface area contributed by atoms with Crippen molar-refractivity contribution >= 4 is 41.0 Å². The number of Topliss-reactive ketones (excluding diaryl/α,β-unsaturated/α-hetero) is 1. The molecule has 0 spiro atoms. The zero-order chi connectivity index (χ0) is 29.1. The molecule has 3 saturated heterocycles. The van der Waals surface area contributed by atoms with Crippen molar-refractivity contribution < 1.29 is 28.2 Å². The van der Waals surface area contributed by atoms with E-state index in [1.165, 1.54) is 29.2 Å². The third-order valence-electron chi connectivity index (χ3n) is 8.73. The molecule has 0 aliphatic carbocycles. The minimum Gasteiger partial charge on any atom is -0.410 e. The maximum Gasteiger partial charge on any atom is 0.415 e. The van der Waals surface area contributed by atoms with Crippen molar-refractivity contribution in [2.45, 2.75) is 37.1 Å². The molecular weight excluding hydrogens is 572 g/mol. The van der Waals surface area contributed by atoms with E-state index in [0.29, 0.717) is 55.7 Å². The van der Waals surface area contributed by atoms with Gasteiger partial charge < -0.3 is 19.7 Å². The lowest BCUT2D eigenvalue weighted by molar-refractivity contribution is -0.143. The number of ketones is 1. The summed E-state index contributed by atoms with van der Waals surface area (Å²) >= 11 is 12.6. The summed E-state index contributed by atoms with van der Waals surface area (Å²) in [5.74, 6) is -1.07. The van der Waals surface area contributed by atoms with E-state index in [9.17, 15) is 18.8 Å². The number of hydrogen-bond acceptors (Lipinski definition) is 6. The van der Waals surface area contributed by atoms with Crippen LogP contribution in [0, 0.1) is 17.7 Å². The number of likely N-dealkylation sites (N-methyl/N-ethyl adjacent to an activating group) is 1. The van der Waals surface area contributed by atoms with Gasteiger partial charge >= 0.3 is 6.09 Å². The second kappa shape index (κ2) is 12.7. The molecule has 3 aliphatic rings. The van der Waals surface area contributed by atoms with E-state index in [1.807, 2.05) is 11.0 Å². The summed E-state index contributed by atoms with van der Waals surface area (Å²) in [6.07, 6.45) is 1.72. The molecule has 2 aromatic carbocycles. The fourth-order valence-corrected chi connectivity index (χ4v) is 6.66. The Kier molecular flexibility index (Phi) is 9.18. The van der Waals surface area contributed by atoms with Crippen molar-refractivity contribution in [3.8, 4) is 5.75 Å². The number of nitrogens with one attached hydrogen (secondary N) is 1. The van der Waals surface area contributed by atoms with Gasteiger partial charge in [0, 0.05) is 64.2 Å². The van der Waals surface area contributed by atoms with Gasteiger partial charge in [0.25, 0.3) is 0 Å². The smallest absolute Gasteiger partial charge is 0.410 e. The largest absolute Gasteiger partial charge is 0.415 e. The van der Waals surface area contributed by atoms with Crippen LogP contribution in [-0.4, -0.2) is 79.6 Å². The molecule has 220 valence electrons. The van der Waals surface area contributed by atoms with Gasteiger partial charge in [-0.1, -0.05) is 29.3 Å². The third kappa shape index (κ3) is 6.09. The molecule has 41 heavy (non-hydrogen) atoms. The molecular formula is C30H34Cl2FN3O5. The van der Waals surface area contributed by atoms with Gasteiger partial charge in [0.15, 0.2) is 5.78 Å². The van der Waals surface area contributed by atoms with Crippen LogP contribution in [0.15, 0.2) is 42.5 Å². The number of amides is 2. The van der Waals surface area contributed by atoms with Crippen LogP contribution in [0.1, 0.15) is 37.2 Å². The van der Waals surface area contributed by atoms with Crippen molar-refractivity contribution in [1.82, 2.24) is 15.1 Å². The van der Waals surface area contributed by atoms with E-state index < -0.39 is 23.4 Å². The maximum absolute atomic E-state index is 14.6. The Morgan fingerprint density at radius 1 is 1.00 bits per heavy atom. The van der Waals surface area contributed by atoms with Gasteiger partial charge in [-0.05, 0) is 67.6 Å². The zero-order valence-corrected chi connectivity index (χ0v) is 24.4. The third-order valence-corrected chi connectivity index (χ3v) is 9.47. The molecule has 0 radical (unpaired) electrons. The van der Waals surface area contributed by atoms with E-state index >= 15 is 0 Å². The Labute approximate surface area is 249 Å². The van der Waals surface area contributed by atoms with Crippen LogP contribution in [0.3, 0.4) is 0 Å². The molecule has 0 bridgehead atoms. The molecule has 0 unspecified atom stereocenters. The summed E-state index contributed by atoms with van der Waals surface area (Å²) in [4.78, 5) is 44.4. The number of benzene rings is 2. The summed E-state index contributed by atoms with van der Waals surface area (Å²) in [5, 5.41) is 4.07. The van der Waals surface area contributed by atoms with Crippen LogP contribution in [-0.2, 0) is 14.3 Å². The van der Waals surface area contributed by atoms with Gasteiger partial charge in [-0.15, -0.1) is 0 Å². The van der Waals surface area contributed by atoms with Crippen molar-refractivity contribution in [2.75, 3.05) is 46.4 Å². The highest BCUT2D eigenvalue weighted by molar-refractivity contribution is 6.42. The molecule has 8 nitrogen and oxygen atoms in total. The van der Waals surface area contributed by atoms with E-state index in [-0.39, 0.29) is 35.8 Å². The number of hydrogen-bond donors (Lipinski definition) is 1. The van der Waals surface area contributed by atoms with Crippen LogP contribution in [0.4, 0.5) is 9.18 Å². The highest BCUT2D eigenvalue weighted by Gasteiger charge is 2.56.